The molecule has 162 valence electrons. The zero-order valence-electron chi connectivity index (χ0n) is 16.9. The minimum atomic E-state index is -0.610. The van der Waals surface area contributed by atoms with Gasteiger partial charge in [-0.15, -0.1) is 0 Å². The summed E-state index contributed by atoms with van der Waals surface area (Å²) < 4.78 is 0. The summed E-state index contributed by atoms with van der Waals surface area (Å²) in [6, 6.07) is 9.64. The zero-order valence-corrected chi connectivity index (χ0v) is 19.9. The van der Waals surface area contributed by atoms with Crippen molar-refractivity contribution < 1.29 is 9.59 Å². The number of rotatable bonds is 9. The summed E-state index contributed by atoms with van der Waals surface area (Å²) in [5.74, 6) is -0.375. The molecular weight excluding hydrogens is 466 g/mol. The summed E-state index contributed by atoms with van der Waals surface area (Å²) in [7, 11) is 0. The van der Waals surface area contributed by atoms with E-state index >= 15 is 0 Å². The number of amides is 2. The van der Waals surface area contributed by atoms with Crippen molar-refractivity contribution in [3.8, 4) is 0 Å². The van der Waals surface area contributed by atoms with Crippen LogP contribution >= 0.6 is 46.4 Å². The lowest BCUT2D eigenvalue weighted by atomic mass is 10.1. The zero-order chi connectivity index (χ0) is 22.3. The van der Waals surface area contributed by atoms with Crippen molar-refractivity contribution in [3.05, 3.63) is 67.6 Å². The van der Waals surface area contributed by atoms with E-state index in [1.54, 1.807) is 41.3 Å². The molecule has 8 heteroatoms. The highest BCUT2D eigenvalue weighted by atomic mass is 35.5. The summed E-state index contributed by atoms with van der Waals surface area (Å²) in [5, 5.41) is 4.52. The van der Waals surface area contributed by atoms with Crippen LogP contribution in [-0.4, -0.2) is 29.3 Å². The van der Waals surface area contributed by atoms with E-state index in [1.165, 1.54) is 0 Å². The van der Waals surface area contributed by atoms with Gasteiger partial charge in [-0.1, -0.05) is 72.4 Å². The van der Waals surface area contributed by atoms with Gasteiger partial charge in [0.25, 0.3) is 0 Å². The first-order chi connectivity index (χ1) is 14.3. The third kappa shape index (κ3) is 6.78. The van der Waals surface area contributed by atoms with E-state index in [9.17, 15) is 9.59 Å². The molecule has 1 N–H and O–H groups in total. The highest BCUT2D eigenvalue weighted by Crippen LogP contribution is 2.26. The first-order valence-electron chi connectivity index (χ1n) is 9.71. The maximum atomic E-state index is 13.3. The van der Waals surface area contributed by atoms with E-state index in [-0.39, 0.29) is 24.8 Å². The summed E-state index contributed by atoms with van der Waals surface area (Å²) in [6.45, 7) is 4.64. The Kier molecular flexibility index (Phi) is 9.76. The molecule has 0 aliphatic heterocycles. The lowest BCUT2D eigenvalue weighted by molar-refractivity contribution is -0.140. The van der Waals surface area contributed by atoms with Crippen LogP contribution in [0.25, 0.3) is 0 Å². The van der Waals surface area contributed by atoms with Crippen LogP contribution in [0.1, 0.15) is 37.8 Å². The first kappa shape index (κ1) is 24.8. The molecule has 0 aliphatic rings. The van der Waals surface area contributed by atoms with Gasteiger partial charge in [0.1, 0.15) is 6.04 Å². The van der Waals surface area contributed by atoms with Crippen molar-refractivity contribution >= 4 is 58.2 Å². The maximum absolute atomic E-state index is 13.3. The van der Waals surface area contributed by atoms with Gasteiger partial charge in [0.15, 0.2) is 0 Å². The molecule has 0 aromatic heterocycles. The minimum absolute atomic E-state index is 0.0930. The van der Waals surface area contributed by atoms with Crippen LogP contribution in [0.4, 0.5) is 0 Å². The Balaban J connectivity index is 2.31. The van der Waals surface area contributed by atoms with E-state index in [4.69, 9.17) is 46.4 Å². The molecule has 0 radical (unpaired) electrons. The Bertz CT molecular complexity index is 905. The van der Waals surface area contributed by atoms with E-state index < -0.39 is 6.04 Å². The Morgan fingerprint density at radius 2 is 1.47 bits per heavy atom. The van der Waals surface area contributed by atoms with E-state index in [0.717, 1.165) is 17.5 Å². The van der Waals surface area contributed by atoms with Crippen molar-refractivity contribution in [2.24, 2.45) is 0 Å². The number of benzene rings is 2. The molecule has 4 nitrogen and oxygen atoms in total. The largest absolute Gasteiger partial charge is 0.354 e. The molecular formula is C22H24Cl4N2O2. The molecule has 0 aliphatic carbocycles. The summed E-state index contributed by atoms with van der Waals surface area (Å²) in [6.07, 6.45) is 1.38. The van der Waals surface area contributed by atoms with Crippen LogP contribution in [0.5, 0.6) is 0 Å². The normalized spacial score (nSPS) is 11.8. The number of hydrogen-bond acceptors (Lipinski definition) is 2. The number of nitrogens with zero attached hydrogens (tertiary/aromatic N) is 1. The van der Waals surface area contributed by atoms with Crippen molar-refractivity contribution in [2.45, 2.75) is 45.7 Å². The van der Waals surface area contributed by atoms with Crippen LogP contribution in [0.3, 0.4) is 0 Å². The van der Waals surface area contributed by atoms with Gasteiger partial charge in [0, 0.05) is 13.1 Å². The van der Waals surface area contributed by atoms with Gasteiger partial charge in [0.2, 0.25) is 11.8 Å². The smallest absolute Gasteiger partial charge is 0.242 e. The number of carbonyl (C=O) groups is 2. The van der Waals surface area contributed by atoms with E-state index in [2.05, 4.69) is 5.32 Å². The topological polar surface area (TPSA) is 49.4 Å². The van der Waals surface area contributed by atoms with Crippen LogP contribution in [0.2, 0.25) is 20.1 Å². The van der Waals surface area contributed by atoms with Gasteiger partial charge in [-0.25, -0.2) is 0 Å². The molecule has 0 saturated carbocycles. The highest BCUT2D eigenvalue weighted by molar-refractivity contribution is 6.42. The second kappa shape index (κ2) is 11.8. The van der Waals surface area contributed by atoms with Gasteiger partial charge in [-0.3, -0.25) is 9.59 Å². The summed E-state index contributed by atoms with van der Waals surface area (Å²) in [4.78, 5) is 27.6. The van der Waals surface area contributed by atoms with E-state index in [1.807, 2.05) is 13.8 Å². The molecule has 1 atom stereocenters. The Hall–Kier alpha value is -1.46. The Labute approximate surface area is 197 Å². The molecule has 0 heterocycles. The van der Waals surface area contributed by atoms with Gasteiger partial charge in [-0.05, 0) is 48.2 Å². The third-order valence-corrected chi connectivity index (χ3v) is 6.09. The minimum Gasteiger partial charge on any atom is -0.354 e. The molecule has 2 amide bonds. The van der Waals surface area contributed by atoms with Gasteiger partial charge in [-0.2, -0.15) is 0 Å². The molecule has 2 aromatic rings. The quantitative estimate of drug-likeness (QED) is 0.457. The summed E-state index contributed by atoms with van der Waals surface area (Å²) >= 11 is 24.2. The fraction of sp³-hybridized carbons (Fsp3) is 0.364. The summed E-state index contributed by atoms with van der Waals surface area (Å²) in [5.41, 5.74) is 1.51. The third-order valence-electron chi connectivity index (χ3n) is 4.61. The predicted molar refractivity (Wildman–Crippen MR) is 125 cm³/mol. The van der Waals surface area contributed by atoms with Gasteiger partial charge in [0.05, 0.1) is 26.5 Å². The second-order valence-electron chi connectivity index (χ2n) is 6.91. The van der Waals surface area contributed by atoms with Crippen molar-refractivity contribution in [1.29, 1.82) is 0 Å². The Morgan fingerprint density at radius 3 is 2.00 bits per heavy atom. The Morgan fingerprint density at radius 1 is 0.900 bits per heavy atom. The maximum Gasteiger partial charge on any atom is 0.242 e. The number of hydrogen-bond donors (Lipinski definition) is 1. The molecule has 0 bridgehead atoms. The monoisotopic (exact) mass is 488 g/mol. The molecule has 0 saturated heterocycles. The first-order valence-corrected chi connectivity index (χ1v) is 11.2. The number of halogens is 4. The van der Waals surface area contributed by atoms with Crippen molar-refractivity contribution in [2.75, 3.05) is 6.54 Å². The SMILES string of the molecule is CCCNC(=O)[C@@H](CC)N(Cc1ccc(Cl)c(Cl)c1)C(=O)Cc1ccc(Cl)c(Cl)c1. The fourth-order valence-corrected chi connectivity index (χ4v) is 3.69. The van der Waals surface area contributed by atoms with Crippen molar-refractivity contribution in [1.82, 2.24) is 10.2 Å². The molecule has 2 rings (SSSR count). The molecule has 0 spiro atoms. The second-order valence-corrected chi connectivity index (χ2v) is 8.54. The molecule has 0 fully saturated rings. The lowest BCUT2D eigenvalue weighted by Crippen LogP contribution is -2.49. The average Bonchev–Trinajstić information content (AvgIpc) is 2.71. The molecule has 2 aromatic carbocycles. The van der Waals surface area contributed by atoms with Crippen LogP contribution < -0.4 is 5.32 Å². The van der Waals surface area contributed by atoms with Crippen LogP contribution in [-0.2, 0) is 22.6 Å². The number of carbonyl (C=O) groups excluding carboxylic acids is 2. The van der Waals surface area contributed by atoms with Crippen molar-refractivity contribution in [3.63, 3.8) is 0 Å². The number of nitrogens with one attached hydrogen (secondary N) is 1. The van der Waals surface area contributed by atoms with E-state index in [0.29, 0.717) is 33.1 Å². The van der Waals surface area contributed by atoms with Gasteiger partial charge >= 0.3 is 0 Å². The molecule has 0 unspecified atom stereocenters. The molecule has 30 heavy (non-hydrogen) atoms. The average molecular weight is 490 g/mol. The highest BCUT2D eigenvalue weighted by Gasteiger charge is 2.28. The van der Waals surface area contributed by atoms with Crippen LogP contribution in [0, 0.1) is 0 Å². The van der Waals surface area contributed by atoms with Crippen LogP contribution in [0.15, 0.2) is 36.4 Å². The standard InChI is InChI=1S/C22H24Cl4N2O2/c1-3-9-27-22(30)20(4-2)28(13-15-6-8-17(24)19(26)11-15)21(29)12-14-5-7-16(23)18(25)10-14/h5-8,10-11,20H,3-4,9,12-13H2,1-2H3,(H,27,30)/t20-/m1/s1. The fourth-order valence-electron chi connectivity index (χ4n) is 3.05. The lowest BCUT2D eigenvalue weighted by Gasteiger charge is -2.31. The predicted octanol–water partition coefficient (Wildman–Crippen LogP) is 6.18. The van der Waals surface area contributed by atoms with Gasteiger partial charge < -0.3 is 10.2 Å².